The Morgan fingerprint density at radius 3 is 2.16 bits per heavy atom. The van der Waals surface area contributed by atoms with Crippen molar-refractivity contribution in [3.05, 3.63) is 65.2 Å². The summed E-state index contributed by atoms with van der Waals surface area (Å²) in [5.41, 5.74) is 2.82. The fraction of sp³-hybridized carbons (Fsp3) is 0.517. The maximum atomic E-state index is 12.3. The van der Waals surface area contributed by atoms with Gasteiger partial charge in [0.25, 0.3) is 5.91 Å². The van der Waals surface area contributed by atoms with Gasteiger partial charge in [0.2, 0.25) is 0 Å². The third-order valence-electron chi connectivity index (χ3n) is 7.38. The number of sulfone groups is 1. The second-order valence-corrected chi connectivity index (χ2v) is 13.3. The number of carboxylic acids is 1. The molecule has 0 unspecified atom stereocenters. The maximum Gasteiger partial charge on any atom is 0.305 e. The Kier molecular flexibility index (Phi) is 9.53. The molecular weight excluding hydrogens is 488 g/mol. The Morgan fingerprint density at radius 2 is 1.59 bits per heavy atom. The summed E-state index contributed by atoms with van der Waals surface area (Å²) in [6.07, 6.45) is 5.65. The zero-order valence-electron chi connectivity index (χ0n) is 22.4. The van der Waals surface area contributed by atoms with Crippen molar-refractivity contribution in [2.45, 2.75) is 76.9 Å². The Labute approximate surface area is 221 Å². The van der Waals surface area contributed by atoms with Crippen molar-refractivity contribution < 1.29 is 23.1 Å². The van der Waals surface area contributed by atoms with Crippen LogP contribution in [-0.4, -0.2) is 49.1 Å². The summed E-state index contributed by atoms with van der Waals surface area (Å²) in [6.45, 7) is 8.36. The average Bonchev–Trinajstić information content (AvgIpc) is 2.83. The Balaban J connectivity index is 1.75. The van der Waals surface area contributed by atoms with E-state index in [2.05, 4.69) is 31.0 Å². The molecule has 1 fully saturated rings. The van der Waals surface area contributed by atoms with E-state index in [0.717, 1.165) is 24.0 Å². The van der Waals surface area contributed by atoms with Crippen molar-refractivity contribution in [3.63, 3.8) is 0 Å². The van der Waals surface area contributed by atoms with Crippen LogP contribution in [-0.2, 0) is 27.7 Å². The minimum atomic E-state index is -3.28. The molecule has 0 aromatic heterocycles. The van der Waals surface area contributed by atoms with Crippen LogP contribution in [0.4, 0.5) is 0 Å². The zero-order valence-corrected chi connectivity index (χ0v) is 23.2. The van der Waals surface area contributed by atoms with E-state index in [4.69, 9.17) is 5.11 Å². The zero-order chi connectivity index (χ0) is 27.2. The molecule has 0 radical (unpaired) electrons. The van der Waals surface area contributed by atoms with Gasteiger partial charge in [0, 0.05) is 37.5 Å². The summed E-state index contributed by atoms with van der Waals surface area (Å²) in [7, 11) is -3.28. The summed E-state index contributed by atoms with van der Waals surface area (Å²) in [5, 5.41) is 11.4. The fourth-order valence-electron chi connectivity index (χ4n) is 5.11. The number of nitrogens with one attached hydrogen (secondary N) is 1. The monoisotopic (exact) mass is 528 g/mol. The van der Waals surface area contributed by atoms with E-state index in [1.165, 1.54) is 19.1 Å². The number of hydrogen-bond acceptors (Lipinski definition) is 5. The molecule has 0 aliphatic heterocycles. The molecule has 3 rings (SSSR count). The molecule has 8 heteroatoms. The van der Waals surface area contributed by atoms with E-state index in [0.29, 0.717) is 40.9 Å². The SMILES string of the molecule is CC(C)(C)[C@H]1CC[C@H](N(Cc2ccc(C(=O)NCCC(=O)O)cc2)Cc2cccc(S(C)(=O)=O)c2)CC1. The van der Waals surface area contributed by atoms with Gasteiger partial charge in [0.1, 0.15) is 0 Å². The number of aliphatic carboxylic acids is 1. The quantitative estimate of drug-likeness (QED) is 0.455. The van der Waals surface area contributed by atoms with Crippen LogP contribution in [0.2, 0.25) is 0 Å². The van der Waals surface area contributed by atoms with Gasteiger partial charge in [-0.1, -0.05) is 45.0 Å². The first-order valence-electron chi connectivity index (χ1n) is 12.9. The van der Waals surface area contributed by atoms with E-state index >= 15 is 0 Å². The minimum Gasteiger partial charge on any atom is -0.481 e. The van der Waals surface area contributed by atoms with Crippen LogP contribution in [0.5, 0.6) is 0 Å². The van der Waals surface area contributed by atoms with Crippen molar-refractivity contribution in [1.29, 1.82) is 0 Å². The normalized spacial score (nSPS) is 18.5. The van der Waals surface area contributed by atoms with Crippen molar-refractivity contribution >= 4 is 21.7 Å². The van der Waals surface area contributed by atoms with Gasteiger partial charge >= 0.3 is 5.97 Å². The number of carbonyl (C=O) groups excluding carboxylic acids is 1. The van der Waals surface area contributed by atoms with Crippen LogP contribution in [0.3, 0.4) is 0 Å². The van der Waals surface area contributed by atoms with E-state index in [1.807, 2.05) is 18.2 Å². The first-order chi connectivity index (χ1) is 17.3. The maximum absolute atomic E-state index is 12.3. The van der Waals surface area contributed by atoms with Crippen molar-refractivity contribution in [2.24, 2.45) is 11.3 Å². The van der Waals surface area contributed by atoms with Gasteiger partial charge in [0.15, 0.2) is 9.84 Å². The first-order valence-corrected chi connectivity index (χ1v) is 14.8. The fourth-order valence-corrected chi connectivity index (χ4v) is 5.80. The lowest BCUT2D eigenvalue weighted by Gasteiger charge is -2.41. The highest BCUT2D eigenvalue weighted by atomic mass is 32.2. The van der Waals surface area contributed by atoms with Crippen LogP contribution >= 0.6 is 0 Å². The highest BCUT2D eigenvalue weighted by Gasteiger charge is 2.32. The van der Waals surface area contributed by atoms with Gasteiger partial charge in [-0.15, -0.1) is 0 Å². The molecule has 1 aliphatic carbocycles. The molecule has 0 atom stereocenters. The lowest BCUT2D eigenvalue weighted by molar-refractivity contribution is -0.136. The molecule has 37 heavy (non-hydrogen) atoms. The number of carbonyl (C=O) groups is 2. The second-order valence-electron chi connectivity index (χ2n) is 11.3. The molecule has 202 valence electrons. The Bertz CT molecular complexity index is 1180. The number of hydrogen-bond donors (Lipinski definition) is 2. The summed E-state index contributed by atoms with van der Waals surface area (Å²) in [6, 6.07) is 15.0. The molecule has 0 heterocycles. The predicted octanol–water partition coefficient (Wildman–Crippen LogP) is 4.90. The van der Waals surface area contributed by atoms with E-state index in [9.17, 15) is 18.0 Å². The number of rotatable bonds is 10. The second kappa shape index (κ2) is 12.2. The molecular formula is C29H40N2O5S. The van der Waals surface area contributed by atoms with Gasteiger partial charge in [0.05, 0.1) is 11.3 Å². The molecule has 2 aromatic rings. The van der Waals surface area contributed by atoms with Gasteiger partial charge in [-0.3, -0.25) is 14.5 Å². The smallest absolute Gasteiger partial charge is 0.305 e. The number of nitrogens with zero attached hydrogens (tertiary/aromatic N) is 1. The van der Waals surface area contributed by atoms with Crippen LogP contribution < -0.4 is 5.32 Å². The van der Waals surface area contributed by atoms with Crippen molar-refractivity contribution in [2.75, 3.05) is 12.8 Å². The van der Waals surface area contributed by atoms with Crippen LogP contribution in [0.25, 0.3) is 0 Å². The van der Waals surface area contributed by atoms with Crippen LogP contribution in [0.1, 0.15) is 74.4 Å². The number of benzene rings is 2. The average molecular weight is 529 g/mol. The molecule has 1 amide bonds. The third-order valence-corrected chi connectivity index (χ3v) is 8.49. The summed E-state index contributed by atoms with van der Waals surface area (Å²) in [4.78, 5) is 25.7. The van der Waals surface area contributed by atoms with E-state index < -0.39 is 15.8 Å². The minimum absolute atomic E-state index is 0.0908. The Morgan fingerprint density at radius 1 is 0.973 bits per heavy atom. The molecule has 1 aliphatic rings. The topological polar surface area (TPSA) is 104 Å². The lowest BCUT2D eigenvalue weighted by atomic mass is 9.71. The van der Waals surface area contributed by atoms with Crippen molar-refractivity contribution in [3.8, 4) is 0 Å². The summed E-state index contributed by atoms with van der Waals surface area (Å²) in [5.74, 6) is -0.546. The van der Waals surface area contributed by atoms with Crippen LogP contribution in [0.15, 0.2) is 53.4 Å². The van der Waals surface area contributed by atoms with Gasteiger partial charge < -0.3 is 10.4 Å². The largest absolute Gasteiger partial charge is 0.481 e. The standard InChI is InChI=1S/C29H40N2O5S/c1-29(2,3)24-12-14-25(15-13-24)31(20-22-6-5-7-26(18-22)37(4,35)36)19-21-8-10-23(11-9-21)28(34)30-17-16-27(32)33/h5-11,18,24-25H,12-17,19-20H2,1-4H3,(H,30,34)(H,32,33)/t24-,25-. The summed E-state index contributed by atoms with van der Waals surface area (Å²) >= 11 is 0. The molecule has 0 saturated heterocycles. The highest BCUT2D eigenvalue weighted by Crippen LogP contribution is 2.39. The van der Waals surface area contributed by atoms with Gasteiger partial charge in [-0.2, -0.15) is 0 Å². The molecule has 0 spiro atoms. The number of carboxylic acid groups (broad SMARTS) is 1. The number of amides is 1. The summed E-state index contributed by atoms with van der Waals surface area (Å²) < 4.78 is 24.2. The van der Waals surface area contributed by atoms with Gasteiger partial charge in [-0.25, -0.2) is 8.42 Å². The van der Waals surface area contributed by atoms with Crippen molar-refractivity contribution in [1.82, 2.24) is 10.2 Å². The lowest BCUT2D eigenvalue weighted by Crippen LogP contribution is -2.39. The molecule has 0 bridgehead atoms. The van der Waals surface area contributed by atoms with Gasteiger partial charge in [-0.05, 0) is 72.4 Å². The Hall–Kier alpha value is -2.71. The van der Waals surface area contributed by atoms with E-state index in [1.54, 1.807) is 30.3 Å². The molecule has 7 nitrogen and oxygen atoms in total. The third kappa shape index (κ3) is 8.68. The predicted molar refractivity (Wildman–Crippen MR) is 145 cm³/mol. The molecule has 2 N–H and O–H groups in total. The first kappa shape index (κ1) is 28.9. The van der Waals surface area contributed by atoms with E-state index in [-0.39, 0.29) is 18.9 Å². The molecule has 2 aromatic carbocycles. The van der Waals surface area contributed by atoms with Crippen LogP contribution in [0, 0.1) is 11.3 Å². The highest BCUT2D eigenvalue weighted by molar-refractivity contribution is 7.90. The molecule has 1 saturated carbocycles.